The van der Waals surface area contributed by atoms with E-state index in [1.165, 1.54) is 5.56 Å². The molecule has 1 aromatic carbocycles. The van der Waals surface area contributed by atoms with Crippen LogP contribution in [0.15, 0.2) is 24.3 Å². The van der Waals surface area contributed by atoms with E-state index >= 15 is 0 Å². The maximum absolute atomic E-state index is 12.4. The van der Waals surface area contributed by atoms with E-state index in [9.17, 15) is 8.42 Å². The van der Waals surface area contributed by atoms with Crippen LogP contribution < -0.4 is 5.73 Å². The summed E-state index contributed by atoms with van der Waals surface area (Å²) in [6, 6.07) is 7.77. The van der Waals surface area contributed by atoms with Crippen molar-refractivity contribution in [1.29, 1.82) is 0 Å². The summed E-state index contributed by atoms with van der Waals surface area (Å²) in [6.07, 6.45) is 0.768. The molecule has 4 nitrogen and oxygen atoms in total. The number of sulfonamides is 1. The van der Waals surface area contributed by atoms with Crippen LogP contribution in [0.3, 0.4) is 0 Å². The topological polar surface area (TPSA) is 63.4 Å². The van der Waals surface area contributed by atoms with Crippen molar-refractivity contribution in [2.24, 2.45) is 11.7 Å². The first-order chi connectivity index (χ1) is 8.95. The monoisotopic (exact) mass is 282 g/mol. The number of benzene rings is 1. The zero-order valence-electron chi connectivity index (χ0n) is 11.5. The van der Waals surface area contributed by atoms with Crippen LogP contribution in [0.5, 0.6) is 0 Å². The molecular weight excluding hydrogens is 260 g/mol. The van der Waals surface area contributed by atoms with E-state index in [2.05, 4.69) is 6.07 Å². The Kier molecular flexibility index (Phi) is 4.28. The maximum Gasteiger partial charge on any atom is 0.214 e. The Hall–Kier alpha value is -0.910. The molecule has 0 saturated heterocycles. The highest BCUT2D eigenvalue weighted by Crippen LogP contribution is 2.31. The Labute approximate surface area is 115 Å². The van der Waals surface area contributed by atoms with Crippen LogP contribution in [0, 0.1) is 5.92 Å². The summed E-state index contributed by atoms with van der Waals surface area (Å²) in [5, 5.41) is 0. The average Bonchev–Trinajstić information content (AvgIpc) is 2.35. The van der Waals surface area contributed by atoms with Gasteiger partial charge in [-0.25, -0.2) is 8.42 Å². The molecule has 0 spiro atoms. The second kappa shape index (κ2) is 5.61. The molecule has 0 amide bonds. The molecule has 1 unspecified atom stereocenters. The Bertz CT molecular complexity index is 540. The summed E-state index contributed by atoms with van der Waals surface area (Å²) in [6.45, 7) is 4.71. The molecule has 0 bridgehead atoms. The first-order valence-corrected chi connectivity index (χ1v) is 8.34. The summed E-state index contributed by atoms with van der Waals surface area (Å²) in [7, 11) is -3.23. The fraction of sp³-hybridized carbons (Fsp3) is 0.571. The molecule has 19 heavy (non-hydrogen) atoms. The van der Waals surface area contributed by atoms with Crippen LogP contribution in [0.2, 0.25) is 0 Å². The standard InChI is InChI=1S/C14H22N2O2S/c1-11(2)10-19(17,18)16-8-7-12-5-3-4-6-13(12)14(16)9-15/h3-6,11,14H,7-10,15H2,1-2H3. The van der Waals surface area contributed by atoms with Crippen LogP contribution >= 0.6 is 0 Å². The number of rotatable bonds is 4. The van der Waals surface area contributed by atoms with Crippen molar-refractivity contribution in [3.05, 3.63) is 35.4 Å². The summed E-state index contributed by atoms with van der Waals surface area (Å²) in [4.78, 5) is 0. The van der Waals surface area contributed by atoms with Crippen molar-refractivity contribution in [1.82, 2.24) is 4.31 Å². The quantitative estimate of drug-likeness (QED) is 0.911. The van der Waals surface area contributed by atoms with Gasteiger partial charge in [0.25, 0.3) is 0 Å². The van der Waals surface area contributed by atoms with E-state index in [4.69, 9.17) is 5.73 Å². The van der Waals surface area contributed by atoms with E-state index in [-0.39, 0.29) is 17.7 Å². The smallest absolute Gasteiger partial charge is 0.214 e. The normalized spacial score (nSPS) is 20.5. The van der Waals surface area contributed by atoms with Gasteiger partial charge in [0.05, 0.1) is 11.8 Å². The van der Waals surface area contributed by atoms with Gasteiger partial charge in [0.15, 0.2) is 0 Å². The zero-order chi connectivity index (χ0) is 14.0. The first kappa shape index (κ1) is 14.5. The minimum absolute atomic E-state index is 0.126. The Morgan fingerprint density at radius 2 is 2.05 bits per heavy atom. The van der Waals surface area contributed by atoms with Crippen molar-refractivity contribution >= 4 is 10.0 Å². The molecule has 0 aromatic heterocycles. The maximum atomic E-state index is 12.4. The fourth-order valence-corrected chi connectivity index (χ4v) is 4.71. The second-order valence-corrected chi connectivity index (χ2v) is 7.45. The molecular formula is C14H22N2O2S. The van der Waals surface area contributed by atoms with Crippen LogP contribution in [0.1, 0.15) is 31.0 Å². The molecule has 0 aliphatic carbocycles. The van der Waals surface area contributed by atoms with Gasteiger partial charge < -0.3 is 5.73 Å². The lowest BCUT2D eigenvalue weighted by molar-refractivity contribution is 0.311. The van der Waals surface area contributed by atoms with Crippen molar-refractivity contribution < 1.29 is 8.42 Å². The van der Waals surface area contributed by atoms with E-state index in [1.54, 1.807) is 4.31 Å². The summed E-state index contributed by atoms with van der Waals surface area (Å²) in [5.74, 6) is 0.312. The Morgan fingerprint density at radius 3 is 2.68 bits per heavy atom. The number of hydrogen-bond donors (Lipinski definition) is 1. The number of hydrogen-bond acceptors (Lipinski definition) is 3. The molecule has 1 atom stereocenters. The van der Waals surface area contributed by atoms with Gasteiger partial charge in [0.1, 0.15) is 0 Å². The van der Waals surface area contributed by atoms with Crippen LogP contribution in [-0.4, -0.2) is 31.6 Å². The molecule has 5 heteroatoms. The molecule has 0 radical (unpaired) electrons. The van der Waals surface area contributed by atoms with E-state index in [1.807, 2.05) is 32.0 Å². The second-order valence-electron chi connectivity index (χ2n) is 5.48. The highest BCUT2D eigenvalue weighted by atomic mass is 32.2. The van der Waals surface area contributed by atoms with Crippen molar-refractivity contribution in [3.8, 4) is 0 Å². The van der Waals surface area contributed by atoms with E-state index in [0.29, 0.717) is 13.1 Å². The highest BCUT2D eigenvalue weighted by molar-refractivity contribution is 7.89. The molecule has 2 rings (SSSR count). The van der Waals surface area contributed by atoms with Crippen LogP contribution in [-0.2, 0) is 16.4 Å². The van der Waals surface area contributed by atoms with Gasteiger partial charge >= 0.3 is 0 Å². The van der Waals surface area contributed by atoms with Gasteiger partial charge in [0.2, 0.25) is 10.0 Å². The van der Waals surface area contributed by atoms with Gasteiger partial charge in [-0.1, -0.05) is 38.1 Å². The number of fused-ring (bicyclic) bond motifs is 1. The lowest BCUT2D eigenvalue weighted by atomic mass is 9.94. The molecule has 2 N–H and O–H groups in total. The Morgan fingerprint density at radius 1 is 1.37 bits per heavy atom. The highest BCUT2D eigenvalue weighted by Gasteiger charge is 2.34. The summed E-state index contributed by atoms with van der Waals surface area (Å²) >= 11 is 0. The summed E-state index contributed by atoms with van der Waals surface area (Å²) < 4.78 is 26.5. The van der Waals surface area contributed by atoms with E-state index < -0.39 is 10.0 Å². The summed E-state index contributed by atoms with van der Waals surface area (Å²) in [5.41, 5.74) is 8.11. The van der Waals surface area contributed by atoms with Crippen LogP contribution in [0.4, 0.5) is 0 Å². The minimum atomic E-state index is -3.23. The lowest BCUT2D eigenvalue weighted by Crippen LogP contribution is -2.44. The molecule has 1 heterocycles. The SMILES string of the molecule is CC(C)CS(=O)(=O)N1CCc2ccccc2C1CN. The molecule has 0 fully saturated rings. The third kappa shape index (κ3) is 2.99. The van der Waals surface area contributed by atoms with Crippen molar-refractivity contribution in [3.63, 3.8) is 0 Å². The zero-order valence-corrected chi connectivity index (χ0v) is 12.4. The van der Waals surface area contributed by atoms with Gasteiger partial charge in [-0.2, -0.15) is 4.31 Å². The molecule has 1 aromatic rings. The molecule has 1 aliphatic heterocycles. The third-order valence-electron chi connectivity index (χ3n) is 3.49. The lowest BCUT2D eigenvalue weighted by Gasteiger charge is -2.36. The largest absolute Gasteiger partial charge is 0.329 e. The van der Waals surface area contributed by atoms with Crippen LogP contribution in [0.25, 0.3) is 0 Å². The number of nitrogens with two attached hydrogens (primary N) is 1. The minimum Gasteiger partial charge on any atom is -0.329 e. The van der Waals surface area contributed by atoms with Gasteiger partial charge in [-0.3, -0.25) is 0 Å². The molecule has 106 valence electrons. The Balaban J connectivity index is 2.35. The van der Waals surface area contributed by atoms with E-state index in [0.717, 1.165) is 12.0 Å². The first-order valence-electron chi connectivity index (χ1n) is 6.73. The average molecular weight is 282 g/mol. The third-order valence-corrected chi connectivity index (χ3v) is 5.73. The molecule has 1 aliphatic rings. The van der Waals surface area contributed by atoms with Crippen molar-refractivity contribution in [2.75, 3.05) is 18.8 Å². The predicted octanol–water partition coefficient (Wildman–Crippen LogP) is 1.53. The molecule has 0 saturated carbocycles. The predicted molar refractivity (Wildman–Crippen MR) is 77.3 cm³/mol. The fourth-order valence-electron chi connectivity index (χ4n) is 2.72. The van der Waals surface area contributed by atoms with Gasteiger partial charge in [-0.15, -0.1) is 0 Å². The van der Waals surface area contributed by atoms with Crippen molar-refractivity contribution in [2.45, 2.75) is 26.3 Å². The number of nitrogens with zero attached hydrogens (tertiary/aromatic N) is 1. The van der Waals surface area contributed by atoms with Gasteiger partial charge in [0, 0.05) is 13.1 Å². The van der Waals surface area contributed by atoms with Gasteiger partial charge in [-0.05, 0) is 23.5 Å².